The zero-order valence-corrected chi connectivity index (χ0v) is 12.7. The highest BCUT2D eigenvalue weighted by molar-refractivity contribution is 5.74. The summed E-state index contributed by atoms with van der Waals surface area (Å²) in [5.74, 6) is 0.906. The Hall–Kier alpha value is -1.75. The van der Waals surface area contributed by atoms with Crippen molar-refractivity contribution >= 4 is 6.03 Å². The number of urea groups is 1. The zero-order valence-electron chi connectivity index (χ0n) is 12.7. The van der Waals surface area contributed by atoms with Gasteiger partial charge in [-0.3, -0.25) is 0 Å². The maximum Gasteiger partial charge on any atom is 0.315 e. The molecular formula is C16H24N2O3. The monoisotopic (exact) mass is 292 g/mol. The van der Waals surface area contributed by atoms with Gasteiger partial charge in [-0.1, -0.05) is 25.1 Å². The number of rotatable bonds is 6. The predicted molar refractivity (Wildman–Crippen MR) is 81.5 cm³/mol. The molecule has 0 spiro atoms. The first-order chi connectivity index (χ1) is 10.1. The lowest BCUT2D eigenvalue weighted by molar-refractivity contribution is 0.191. The molecule has 5 nitrogen and oxygen atoms in total. The van der Waals surface area contributed by atoms with Crippen LogP contribution in [0.1, 0.15) is 32.3 Å². The van der Waals surface area contributed by atoms with E-state index in [2.05, 4.69) is 10.6 Å². The third-order valence-electron chi connectivity index (χ3n) is 4.06. The van der Waals surface area contributed by atoms with Crippen molar-refractivity contribution in [3.8, 4) is 5.75 Å². The minimum atomic E-state index is -0.377. The highest BCUT2D eigenvalue weighted by Gasteiger charge is 2.26. The average molecular weight is 292 g/mol. The smallest absolute Gasteiger partial charge is 0.315 e. The van der Waals surface area contributed by atoms with E-state index in [1.54, 1.807) is 0 Å². The number of aliphatic hydroxyl groups is 1. The first-order valence-electron chi connectivity index (χ1n) is 7.48. The maximum atomic E-state index is 12.0. The Morgan fingerprint density at radius 1 is 1.48 bits per heavy atom. The summed E-state index contributed by atoms with van der Waals surface area (Å²) >= 11 is 0. The van der Waals surface area contributed by atoms with Crippen LogP contribution in [0.4, 0.5) is 4.79 Å². The van der Waals surface area contributed by atoms with Crippen LogP contribution in [0.2, 0.25) is 0 Å². The van der Waals surface area contributed by atoms with E-state index in [0.717, 1.165) is 18.6 Å². The van der Waals surface area contributed by atoms with Crippen LogP contribution in [0.3, 0.4) is 0 Å². The minimum Gasteiger partial charge on any atom is -0.488 e. The summed E-state index contributed by atoms with van der Waals surface area (Å²) in [5.41, 5.74) is 0.807. The number of fused-ring (bicyclic) bond motifs is 1. The van der Waals surface area contributed by atoms with Crippen molar-refractivity contribution in [3.05, 3.63) is 29.8 Å². The number of nitrogens with one attached hydrogen (secondary N) is 2. The average Bonchev–Trinajstić information content (AvgIpc) is 2.88. The molecule has 2 unspecified atom stereocenters. The molecule has 1 aromatic carbocycles. The fraction of sp³-hybridized carbons (Fsp3) is 0.562. The van der Waals surface area contributed by atoms with Crippen LogP contribution in [0.5, 0.6) is 5.75 Å². The van der Waals surface area contributed by atoms with Crippen LogP contribution in [-0.4, -0.2) is 35.9 Å². The molecule has 0 saturated heterocycles. The molecule has 116 valence electrons. The summed E-state index contributed by atoms with van der Waals surface area (Å²) in [7, 11) is 0. The lowest BCUT2D eigenvalue weighted by Gasteiger charge is -2.29. The van der Waals surface area contributed by atoms with Crippen molar-refractivity contribution in [3.63, 3.8) is 0 Å². The highest BCUT2D eigenvalue weighted by Crippen LogP contribution is 2.27. The summed E-state index contributed by atoms with van der Waals surface area (Å²) in [5, 5.41) is 14.8. The van der Waals surface area contributed by atoms with Crippen LogP contribution in [0.15, 0.2) is 24.3 Å². The number of para-hydroxylation sites is 1. The number of hydrogen-bond acceptors (Lipinski definition) is 3. The number of amides is 2. The Bertz CT molecular complexity index is 467. The molecule has 0 bridgehead atoms. The van der Waals surface area contributed by atoms with Gasteiger partial charge >= 0.3 is 6.03 Å². The summed E-state index contributed by atoms with van der Waals surface area (Å²) in [6.45, 7) is 4.46. The number of carbonyl (C=O) groups is 1. The fourth-order valence-electron chi connectivity index (χ4n) is 2.47. The molecule has 0 aromatic heterocycles. The van der Waals surface area contributed by atoms with Crippen molar-refractivity contribution in [2.45, 2.75) is 44.8 Å². The van der Waals surface area contributed by atoms with Gasteiger partial charge in [0.1, 0.15) is 11.9 Å². The van der Waals surface area contributed by atoms with E-state index in [9.17, 15) is 4.79 Å². The minimum absolute atomic E-state index is 0.0149. The van der Waals surface area contributed by atoms with Gasteiger partial charge in [-0.15, -0.1) is 0 Å². The largest absolute Gasteiger partial charge is 0.488 e. The predicted octanol–water partition coefficient (Wildman–Crippen LogP) is 1.84. The molecule has 21 heavy (non-hydrogen) atoms. The second kappa shape index (κ2) is 6.80. The van der Waals surface area contributed by atoms with E-state index in [0.29, 0.717) is 13.0 Å². The van der Waals surface area contributed by atoms with Crippen molar-refractivity contribution < 1.29 is 14.6 Å². The molecule has 0 radical (unpaired) electrons. The SMILES string of the molecule is CCC(C)(CCO)NC(=O)NCC1Cc2ccccc2O1. The fourth-order valence-corrected chi connectivity index (χ4v) is 2.47. The molecule has 1 aliphatic rings. The Morgan fingerprint density at radius 3 is 2.90 bits per heavy atom. The van der Waals surface area contributed by atoms with Crippen molar-refractivity contribution in [2.75, 3.05) is 13.2 Å². The zero-order chi connectivity index (χ0) is 15.3. The Labute approximate surface area is 125 Å². The third-order valence-corrected chi connectivity index (χ3v) is 4.06. The molecule has 2 rings (SSSR count). The standard InChI is InChI=1S/C16H24N2O3/c1-3-16(2,8-9-19)18-15(20)17-11-13-10-12-6-4-5-7-14(12)21-13/h4-7,13,19H,3,8-11H2,1-2H3,(H2,17,18,20). The molecular weight excluding hydrogens is 268 g/mol. The van der Waals surface area contributed by atoms with Gasteiger partial charge in [0.2, 0.25) is 0 Å². The molecule has 3 N–H and O–H groups in total. The van der Waals surface area contributed by atoms with E-state index in [-0.39, 0.29) is 24.3 Å². The number of benzene rings is 1. The summed E-state index contributed by atoms with van der Waals surface area (Å²) in [6.07, 6.45) is 2.12. The highest BCUT2D eigenvalue weighted by atomic mass is 16.5. The van der Waals surface area contributed by atoms with Crippen LogP contribution < -0.4 is 15.4 Å². The molecule has 2 amide bonds. The van der Waals surface area contributed by atoms with E-state index >= 15 is 0 Å². The molecule has 1 aliphatic heterocycles. The number of ether oxygens (including phenoxy) is 1. The summed E-state index contributed by atoms with van der Waals surface area (Å²) in [4.78, 5) is 12.0. The van der Waals surface area contributed by atoms with Crippen LogP contribution in [0, 0.1) is 0 Å². The van der Waals surface area contributed by atoms with Gasteiger partial charge in [-0.05, 0) is 31.4 Å². The molecule has 2 atom stereocenters. The second-order valence-electron chi connectivity index (χ2n) is 5.77. The van der Waals surface area contributed by atoms with Gasteiger partial charge < -0.3 is 20.5 Å². The molecule has 0 aliphatic carbocycles. The van der Waals surface area contributed by atoms with Crippen LogP contribution in [0.25, 0.3) is 0 Å². The molecule has 0 saturated carbocycles. The number of carbonyl (C=O) groups excluding carboxylic acids is 1. The first-order valence-corrected chi connectivity index (χ1v) is 7.48. The number of hydrogen-bond donors (Lipinski definition) is 3. The van der Waals surface area contributed by atoms with Crippen molar-refractivity contribution in [1.29, 1.82) is 0 Å². The van der Waals surface area contributed by atoms with Gasteiger partial charge in [0.15, 0.2) is 0 Å². The van der Waals surface area contributed by atoms with Gasteiger partial charge in [-0.2, -0.15) is 0 Å². The molecule has 1 heterocycles. The van der Waals surface area contributed by atoms with E-state index in [4.69, 9.17) is 9.84 Å². The van der Waals surface area contributed by atoms with Gasteiger partial charge in [0.25, 0.3) is 0 Å². The Balaban J connectivity index is 1.78. The number of aliphatic hydroxyl groups excluding tert-OH is 1. The topological polar surface area (TPSA) is 70.6 Å². The maximum absolute atomic E-state index is 12.0. The third kappa shape index (κ3) is 4.11. The molecule has 0 fully saturated rings. The lowest BCUT2D eigenvalue weighted by atomic mass is 9.95. The van der Waals surface area contributed by atoms with Gasteiger partial charge in [0.05, 0.1) is 6.54 Å². The van der Waals surface area contributed by atoms with Gasteiger partial charge in [-0.25, -0.2) is 4.79 Å². The van der Waals surface area contributed by atoms with Crippen LogP contribution in [-0.2, 0) is 6.42 Å². The normalized spacial score (nSPS) is 19.3. The molecule has 1 aromatic rings. The van der Waals surface area contributed by atoms with E-state index in [1.165, 1.54) is 5.56 Å². The Morgan fingerprint density at radius 2 is 2.24 bits per heavy atom. The second-order valence-corrected chi connectivity index (χ2v) is 5.77. The summed E-state index contributed by atoms with van der Waals surface area (Å²) in [6, 6.07) is 7.72. The van der Waals surface area contributed by atoms with E-state index < -0.39 is 0 Å². The Kier molecular flexibility index (Phi) is 5.07. The van der Waals surface area contributed by atoms with Crippen molar-refractivity contribution in [2.24, 2.45) is 0 Å². The van der Waals surface area contributed by atoms with Crippen LogP contribution >= 0.6 is 0 Å². The molecule has 5 heteroatoms. The van der Waals surface area contributed by atoms with E-state index in [1.807, 2.05) is 38.1 Å². The summed E-state index contributed by atoms with van der Waals surface area (Å²) < 4.78 is 5.78. The van der Waals surface area contributed by atoms with Gasteiger partial charge in [0, 0.05) is 18.6 Å². The van der Waals surface area contributed by atoms with Crippen molar-refractivity contribution in [1.82, 2.24) is 10.6 Å². The first kappa shape index (κ1) is 15.6. The quantitative estimate of drug-likeness (QED) is 0.749. The lowest BCUT2D eigenvalue weighted by Crippen LogP contribution is -2.51.